The van der Waals surface area contributed by atoms with E-state index in [2.05, 4.69) is 46.4 Å². The molecule has 3 aromatic carbocycles. The van der Waals surface area contributed by atoms with Crippen LogP contribution >= 0.6 is 0 Å². The zero-order chi connectivity index (χ0) is 18.1. The van der Waals surface area contributed by atoms with Crippen molar-refractivity contribution >= 4 is 11.1 Å². The second kappa shape index (κ2) is 6.54. The average molecular weight is 348 g/mol. The first-order valence-electron chi connectivity index (χ1n) is 8.84. The molecule has 3 nitrogen and oxygen atoms in total. The number of benzene rings is 3. The number of fused-ring (bicyclic) bond motifs is 1. The highest BCUT2D eigenvalue weighted by atomic mass is 16.3. The van der Waals surface area contributed by atoms with E-state index in [-0.39, 0.29) is 0 Å². The Labute approximate surface area is 157 Å². The number of hydrogen-bond acceptors (Lipinski definition) is 3. The van der Waals surface area contributed by atoms with Crippen molar-refractivity contribution in [2.45, 2.75) is 0 Å². The Hall–Kier alpha value is -3.72. The van der Waals surface area contributed by atoms with Gasteiger partial charge in [-0.2, -0.15) is 0 Å². The molecule has 0 N–H and O–H groups in total. The fourth-order valence-corrected chi connectivity index (χ4v) is 3.24. The fraction of sp³-hybridized carbons (Fsp3) is 0. The molecule has 0 saturated carbocycles. The summed E-state index contributed by atoms with van der Waals surface area (Å²) >= 11 is 0. The first-order valence-corrected chi connectivity index (χ1v) is 8.84. The number of hydrogen-bond donors (Lipinski definition) is 0. The quantitative estimate of drug-likeness (QED) is 0.388. The van der Waals surface area contributed by atoms with Crippen LogP contribution in [-0.2, 0) is 0 Å². The molecule has 0 unspecified atom stereocenters. The van der Waals surface area contributed by atoms with Crippen molar-refractivity contribution in [3.8, 4) is 33.7 Å². The number of aromatic nitrogens is 2. The van der Waals surface area contributed by atoms with E-state index in [4.69, 9.17) is 4.42 Å². The molecule has 0 aliphatic carbocycles. The van der Waals surface area contributed by atoms with Gasteiger partial charge in [0.25, 0.3) is 0 Å². The smallest absolute Gasteiger partial charge is 0.227 e. The van der Waals surface area contributed by atoms with Crippen LogP contribution in [0.25, 0.3) is 44.8 Å². The average Bonchev–Trinajstić information content (AvgIpc) is 3.19. The normalized spacial score (nSPS) is 11.0. The summed E-state index contributed by atoms with van der Waals surface area (Å²) in [5.41, 5.74) is 7.02. The van der Waals surface area contributed by atoms with E-state index in [1.54, 1.807) is 6.20 Å². The highest BCUT2D eigenvalue weighted by Crippen LogP contribution is 2.33. The van der Waals surface area contributed by atoms with Gasteiger partial charge in [-0.25, -0.2) is 4.98 Å². The van der Waals surface area contributed by atoms with E-state index < -0.39 is 0 Å². The lowest BCUT2D eigenvalue weighted by atomic mass is 9.97. The van der Waals surface area contributed by atoms with Crippen LogP contribution in [0.1, 0.15) is 0 Å². The molecular weight excluding hydrogens is 332 g/mol. The molecule has 0 fully saturated rings. The zero-order valence-electron chi connectivity index (χ0n) is 14.5. The highest BCUT2D eigenvalue weighted by Gasteiger charge is 2.12. The summed E-state index contributed by atoms with van der Waals surface area (Å²) in [6, 6.07) is 28.6. The SMILES string of the molecule is c1ccc(-c2cc(-c3cccnc3)cc(-c3nc4ccccc4o3)c2)cc1. The van der Waals surface area contributed by atoms with Crippen LogP contribution in [0.3, 0.4) is 0 Å². The summed E-state index contributed by atoms with van der Waals surface area (Å²) in [5, 5.41) is 0. The monoisotopic (exact) mass is 348 g/mol. The van der Waals surface area contributed by atoms with Gasteiger partial charge in [-0.15, -0.1) is 0 Å². The van der Waals surface area contributed by atoms with Gasteiger partial charge in [0, 0.05) is 23.5 Å². The second-order valence-corrected chi connectivity index (χ2v) is 6.39. The number of oxazole rings is 1. The Morgan fingerprint density at radius 2 is 1.30 bits per heavy atom. The van der Waals surface area contributed by atoms with E-state index in [0.717, 1.165) is 38.9 Å². The third-order valence-electron chi connectivity index (χ3n) is 4.58. The molecule has 0 atom stereocenters. The van der Waals surface area contributed by atoms with E-state index in [0.29, 0.717) is 5.89 Å². The van der Waals surface area contributed by atoms with Gasteiger partial charge in [-0.05, 0) is 53.1 Å². The molecule has 2 heterocycles. The van der Waals surface area contributed by atoms with Crippen molar-refractivity contribution in [3.63, 3.8) is 0 Å². The van der Waals surface area contributed by atoms with Crippen molar-refractivity contribution in [2.75, 3.05) is 0 Å². The molecular formula is C24H16N2O. The molecule has 2 aromatic heterocycles. The van der Waals surface area contributed by atoms with Crippen LogP contribution in [-0.4, -0.2) is 9.97 Å². The van der Waals surface area contributed by atoms with Gasteiger partial charge in [0.05, 0.1) is 0 Å². The lowest BCUT2D eigenvalue weighted by molar-refractivity contribution is 0.620. The third-order valence-corrected chi connectivity index (χ3v) is 4.58. The molecule has 0 aliphatic rings. The second-order valence-electron chi connectivity index (χ2n) is 6.39. The van der Waals surface area contributed by atoms with Crippen molar-refractivity contribution in [1.29, 1.82) is 0 Å². The maximum Gasteiger partial charge on any atom is 0.227 e. The van der Waals surface area contributed by atoms with E-state index in [1.165, 1.54) is 0 Å². The van der Waals surface area contributed by atoms with E-state index >= 15 is 0 Å². The Morgan fingerprint density at radius 1 is 0.593 bits per heavy atom. The molecule has 0 aliphatic heterocycles. The van der Waals surface area contributed by atoms with E-state index in [1.807, 2.05) is 54.7 Å². The predicted molar refractivity (Wildman–Crippen MR) is 108 cm³/mol. The van der Waals surface area contributed by atoms with Gasteiger partial charge < -0.3 is 4.42 Å². The molecule has 0 amide bonds. The summed E-state index contributed by atoms with van der Waals surface area (Å²) in [6.45, 7) is 0. The van der Waals surface area contributed by atoms with Gasteiger partial charge in [0.2, 0.25) is 5.89 Å². The number of nitrogens with zero attached hydrogens (tertiary/aromatic N) is 2. The van der Waals surface area contributed by atoms with Gasteiger partial charge >= 0.3 is 0 Å². The summed E-state index contributed by atoms with van der Waals surface area (Å²) in [5.74, 6) is 0.624. The molecule has 5 aromatic rings. The minimum Gasteiger partial charge on any atom is -0.436 e. The maximum atomic E-state index is 6.01. The molecule has 0 saturated heterocycles. The summed E-state index contributed by atoms with van der Waals surface area (Å²) in [6.07, 6.45) is 3.66. The highest BCUT2D eigenvalue weighted by molar-refractivity contribution is 5.81. The summed E-state index contributed by atoms with van der Waals surface area (Å²) in [7, 11) is 0. The first kappa shape index (κ1) is 15.5. The molecule has 0 radical (unpaired) electrons. The van der Waals surface area contributed by atoms with Crippen LogP contribution in [0.2, 0.25) is 0 Å². The Kier molecular flexibility index (Phi) is 3.76. The van der Waals surface area contributed by atoms with Crippen molar-refractivity contribution < 1.29 is 4.42 Å². The molecule has 27 heavy (non-hydrogen) atoms. The van der Waals surface area contributed by atoms with Crippen molar-refractivity contribution in [1.82, 2.24) is 9.97 Å². The number of pyridine rings is 1. The van der Waals surface area contributed by atoms with Crippen LogP contribution in [0, 0.1) is 0 Å². The molecule has 5 rings (SSSR count). The molecule has 0 spiro atoms. The molecule has 3 heteroatoms. The predicted octanol–water partition coefficient (Wildman–Crippen LogP) is 6.22. The zero-order valence-corrected chi connectivity index (χ0v) is 14.5. The van der Waals surface area contributed by atoms with Crippen LogP contribution < -0.4 is 0 Å². The van der Waals surface area contributed by atoms with Gasteiger partial charge in [0.15, 0.2) is 5.58 Å². The standard InChI is InChI=1S/C24H16N2O/c1-2-7-17(8-3-1)19-13-20(18-9-6-12-25-16-18)15-21(14-19)24-26-22-10-4-5-11-23(22)27-24/h1-16H. The van der Waals surface area contributed by atoms with Crippen LogP contribution in [0.15, 0.2) is 102 Å². The molecule has 128 valence electrons. The van der Waals surface area contributed by atoms with Crippen molar-refractivity contribution in [2.24, 2.45) is 0 Å². The Balaban J connectivity index is 1.72. The minimum absolute atomic E-state index is 0.624. The summed E-state index contributed by atoms with van der Waals surface area (Å²) < 4.78 is 6.01. The number of rotatable bonds is 3. The fourth-order valence-electron chi connectivity index (χ4n) is 3.24. The van der Waals surface area contributed by atoms with Crippen LogP contribution in [0.4, 0.5) is 0 Å². The number of para-hydroxylation sites is 2. The molecule has 0 bridgehead atoms. The lowest BCUT2D eigenvalue weighted by Crippen LogP contribution is -1.86. The third kappa shape index (κ3) is 3.00. The minimum atomic E-state index is 0.624. The van der Waals surface area contributed by atoms with Gasteiger partial charge in [-0.3, -0.25) is 4.98 Å². The van der Waals surface area contributed by atoms with Crippen molar-refractivity contribution in [3.05, 3.63) is 97.3 Å². The Bertz CT molecular complexity index is 1120. The van der Waals surface area contributed by atoms with Gasteiger partial charge in [0.1, 0.15) is 5.52 Å². The van der Waals surface area contributed by atoms with Crippen LogP contribution in [0.5, 0.6) is 0 Å². The lowest BCUT2D eigenvalue weighted by Gasteiger charge is -2.09. The maximum absolute atomic E-state index is 6.01. The Morgan fingerprint density at radius 3 is 2.07 bits per heavy atom. The largest absolute Gasteiger partial charge is 0.436 e. The van der Waals surface area contributed by atoms with E-state index in [9.17, 15) is 0 Å². The summed E-state index contributed by atoms with van der Waals surface area (Å²) in [4.78, 5) is 8.93. The van der Waals surface area contributed by atoms with Gasteiger partial charge in [-0.1, -0.05) is 48.5 Å². The topological polar surface area (TPSA) is 38.9 Å². The first-order chi connectivity index (χ1) is 13.4.